The van der Waals surface area contributed by atoms with E-state index in [0.29, 0.717) is 34.8 Å². The molecule has 3 heterocycles. The summed E-state index contributed by atoms with van der Waals surface area (Å²) in [5.41, 5.74) is 1.96. The van der Waals surface area contributed by atoms with E-state index in [9.17, 15) is 29.1 Å². The van der Waals surface area contributed by atoms with Gasteiger partial charge in [0.2, 0.25) is 5.91 Å². The number of urea groups is 2. The van der Waals surface area contributed by atoms with Crippen molar-refractivity contribution in [3.63, 3.8) is 0 Å². The molecule has 196 valence electrons. The third-order valence-electron chi connectivity index (χ3n) is 6.60. The van der Waals surface area contributed by atoms with Gasteiger partial charge in [-0.05, 0) is 36.3 Å². The molecule has 1 unspecified atom stereocenters. The van der Waals surface area contributed by atoms with Gasteiger partial charge >= 0.3 is 41.6 Å². The van der Waals surface area contributed by atoms with Crippen LogP contribution >= 0.6 is 11.8 Å². The van der Waals surface area contributed by atoms with Gasteiger partial charge in [0.05, 0.1) is 24.6 Å². The second kappa shape index (κ2) is 11.8. The Labute approximate surface area is 250 Å². The van der Waals surface area contributed by atoms with Crippen molar-refractivity contribution in [2.75, 3.05) is 29.1 Å². The zero-order chi connectivity index (χ0) is 27.0. The number of β-lactam (4-membered cyclic amide) rings is 1. The van der Waals surface area contributed by atoms with E-state index in [-0.39, 0.29) is 48.2 Å². The maximum Gasteiger partial charge on any atom is 1.00 e. The Balaban J connectivity index is 0.00000353. The Kier molecular flexibility index (Phi) is 8.70. The average Bonchev–Trinajstić information content (AvgIpc) is 3.29. The smallest absolute Gasteiger partial charge is 0.543 e. The first kappa shape index (κ1) is 28.7. The molecular formula is C26H24N5NaO6S. The van der Waals surface area contributed by atoms with Crippen molar-refractivity contribution >= 4 is 53.0 Å². The van der Waals surface area contributed by atoms with Gasteiger partial charge in [0.15, 0.2) is 0 Å². The number of hydrogen-bond acceptors (Lipinski definition) is 7. The molecule has 2 N–H and O–H groups in total. The van der Waals surface area contributed by atoms with Crippen molar-refractivity contribution in [3.8, 4) is 0 Å². The number of aliphatic carboxylic acids is 1. The van der Waals surface area contributed by atoms with Crippen LogP contribution in [0.5, 0.6) is 0 Å². The summed E-state index contributed by atoms with van der Waals surface area (Å²) in [6.07, 6.45) is -0.135. The Morgan fingerprint density at radius 2 is 1.72 bits per heavy atom. The molecule has 11 nitrogen and oxygen atoms in total. The number of imide groups is 1. The summed E-state index contributed by atoms with van der Waals surface area (Å²) in [6.45, 7) is 2.21. The zero-order valence-electron chi connectivity index (χ0n) is 21.4. The van der Waals surface area contributed by atoms with Gasteiger partial charge in [0.25, 0.3) is 5.91 Å². The van der Waals surface area contributed by atoms with Crippen LogP contribution in [0.1, 0.15) is 12.5 Å². The van der Waals surface area contributed by atoms with E-state index in [1.165, 1.54) is 16.7 Å². The summed E-state index contributed by atoms with van der Waals surface area (Å²) >= 11 is 1.37. The normalized spacial score (nSPS) is 20.2. The van der Waals surface area contributed by atoms with E-state index in [0.717, 1.165) is 9.80 Å². The topological polar surface area (TPSA) is 142 Å². The van der Waals surface area contributed by atoms with E-state index < -0.39 is 41.3 Å². The third kappa shape index (κ3) is 5.55. The van der Waals surface area contributed by atoms with Gasteiger partial charge in [0, 0.05) is 23.7 Å². The van der Waals surface area contributed by atoms with Gasteiger partial charge < -0.3 is 20.5 Å². The molecule has 0 aromatic heterocycles. The summed E-state index contributed by atoms with van der Waals surface area (Å²) < 4.78 is 0. The second-order valence-electron chi connectivity index (χ2n) is 9.06. The van der Waals surface area contributed by atoms with Gasteiger partial charge in [-0.1, -0.05) is 36.4 Å². The van der Waals surface area contributed by atoms with Crippen molar-refractivity contribution in [1.82, 2.24) is 15.1 Å². The van der Waals surface area contributed by atoms with Gasteiger partial charge in [-0.25, -0.2) is 14.5 Å². The summed E-state index contributed by atoms with van der Waals surface area (Å²) in [7, 11) is 0. The quantitative estimate of drug-likeness (QED) is 0.313. The minimum Gasteiger partial charge on any atom is -0.543 e. The zero-order valence-corrected chi connectivity index (χ0v) is 24.2. The predicted octanol–water partition coefficient (Wildman–Crippen LogP) is -1.87. The van der Waals surface area contributed by atoms with E-state index in [1.54, 1.807) is 43.3 Å². The number of nitrogens with zero attached hydrogens (tertiary/aromatic N) is 3. The molecule has 2 fully saturated rings. The third-order valence-corrected chi connectivity index (χ3v) is 8.02. The molecule has 0 radical (unpaired) electrons. The molecule has 39 heavy (non-hydrogen) atoms. The Bertz CT molecular complexity index is 1370. The number of anilines is 2. The molecule has 0 bridgehead atoms. The minimum absolute atomic E-state index is 0. The van der Waals surface area contributed by atoms with Crippen LogP contribution in [0.4, 0.5) is 21.0 Å². The molecule has 0 aliphatic carbocycles. The maximum atomic E-state index is 12.9. The van der Waals surface area contributed by atoms with Crippen molar-refractivity contribution in [2.24, 2.45) is 0 Å². The molecule has 3 aliphatic rings. The standard InChI is InChI=1S/C26H25N5O6S.Na/c1-15-14-38-23-20(22(33)31(23)21(15)24(34)35)28-19(32)13-16-7-5-6-10-18(16)27-25(36)30-12-11-29(26(30)37)17-8-3-2-4-9-17;/h2-10,20,23H,11-14H2,1H3,(H,27,36)(H,28,32)(H,34,35);/q;+1/p-1/t20?,23-;/m1./s1. The maximum absolute atomic E-state index is 12.9. The number of carbonyl (C=O) groups excluding carboxylic acids is 5. The van der Waals surface area contributed by atoms with Crippen LogP contribution in [0, 0.1) is 0 Å². The average molecular weight is 558 g/mol. The fraction of sp³-hybridized carbons (Fsp3) is 0.269. The van der Waals surface area contributed by atoms with Crippen LogP contribution in [-0.2, 0) is 20.8 Å². The Morgan fingerprint density at radius 1 is 1.03 bits per heavy atom. The van der Waals surface area contributed by atoms with E-state index in [1.807, 2.05) is 18.2 Å². The monoisotopic (exact) mass is 557 g/mol. The summed E-state index contributed by atoms with van der Waals surface area (Å²) in [4.78, 5) is 66.5. The van der Waals surface area contributed by atoms with Crippen molar-refractivity contribution < 1.29 is 58.6 Å². The van der Waals surface area contributed by atoms with Crippen LogP contribution in [0.2, 0.25) is 0 Å². The molecule has 2 atom stereocenters. The molecule has 13 heteroatoms. The van der Waals surface area contributed by atoms with Crippen LogP contribution in [0.3, 0.4) is 0 Å². The van der Waals surface area contributed by atoms with Crippen molar-refractivity contribution in [2.45, 2.75) is 24.8 Å². The molecule has 6 amide bonds. The summed E-state index contributed by atoms with van der Waals surface area (Å²) in [5.74, 6) is -1.97. The number of rotatable bonds is 6. The molecule has 5 rings (SSSR count). The van der Waals surface area contributed by atoms with Crippen molar-refractivity contribution in [3.05, 3.63) is 71.4 Å². The molecule has 2 saturated heterocycles. The minimum atomic E-state index is -1.42. The Hall–Kier alpha value is -3.32. The van der Waals surface area contributed by atoms with Gasteiger partial charge in [-0.3, -0.25) is 19.4 Å². The molecule has 2 aromatic rings. The molecule has 3 aliphatic heterocycles. The number of carboxylic acid groups (broad SMARTS) is 1. The predicted molar refractivity (Wildman–Crippen MR) is 138 cm³/mol. The number of amides is 6. The van der Waals surface area contributed by atoms with E-state index >= 15 is 0 Å². The van der Waals surface area contributed by atoms with Gasteiger partial charge in [-0.2, -0.15) is 0 Å². The van der Waals surface area contributed by atoms with Gasteiger partial charge in [0.1, 0.15) is 11.4 Å². The van der Waals surface area contributed by atoms with Gasteiger partial charge in [-0.15, -0.1) is 11.8 Å². The number of hydrogen-bond donors (Lipinski definition) is 2. The number of para-hydroxylation sites is 2. The molecule has 0 spiro atoms. The second-order valence-corrected chi connectivity index (χ2v) is 10.2. The van der Waals surface area contributed by atoms with Crippen LogP contribution in [0.15, 0.2) is 65.9 Å². The number of thioether (sulfide) groups is 1. The summed E-state index contributed by atoms with van der Waals surface area (Å²) in [6, 6.07) is 13.9. The fourth-order valence-corrected chi connectivity index (χ4v) is 6.00. The van der Waals surface area contributed by atoms with Crippen LogP contribution < -0.4 is 50.2 Å². The number of carbonyl (C=O) groups is 5. The number of fused-ring (bicyclic) bond motifs is 1. The van der Waals surface area contributed by atoms with Crippen LogP contribution in [-0.4, -0.2) is 69.9 Å². The molecular weight excluding hydrogens is 533 g/mol. The number of nitrogens with one attached hydrogen (secondary N) is 2. The van der Waals surface area contributed by atoms with Crippen LogP contribution in [0.25, 0.3) is 0 Å². The first-order valence-corrected chi connectivity index (χ1v) is 13.0. The number of benzene rings is 2. The van der Waals surface area contributed by atoms with E-state index in [2.05, 4.69) is 10.6 Å². The fourth-order valence-electron chi connectivity index (χ4n) is 4.71. The SMILES string of the molecule is CC1=C(C(=O)[O-])N2C(=O)C(NC(=O)Cc3ccccc3NC(=O)N3CCN(c4ccccc4)C3=O)[C@H]2SC1.[Na+]. The largest absolute Gasteiger partial charge is 1.00 e. The molecule has 0 saturated carbocycles. The van der Waals surface area contributed by atoms with Crippen molar-refractivity contribution in [1.29, 1.82) is 0 Å². The molecule has 2 aromatic carbocycles. The van der Waals surface area contributed by atoms with E-state index in [4.69, 9.17) is 0 Å². The summed E-state index contributed by atoms with van der Waals surface area (Å²) in [5, 5.41) is 16.4. The number of carboxylic acids is 1. The Morgan fingerprint density at radius 3 is 2.44 bits per heavy atom. The first-order chi connectivity index (χ1) is 18.3. The first-order valence-electron chi connectivity index (χ1n) is 11.9.